The summed E-state index contributed by atoms with van der Waals surface area (Å²) in [5.41, 5.74) is 2.15. The van der Waals surface area contributed by atoms with Crippen LogP contribution < -0.4 is 10.2 Å². The lowest BCUT2D eigenvalue weighted by molar-refractivity contribution is -0.122. The Morgan fingerprint density at radius 1 is 1.24 bits per heavy atom. The van der Waals surface area contributed by atoms with Gasteiger partial charge in [0.25, 0.3) is 0 Å². The molecule has 1 aromatic heterocycles. The topological polar surface area (TPSA) is 51.7 Å². The van der Waals surface area contributed by atoms with Crippen molar-refractivity contribution in [2.24, 2.45) is 5.92 Å². The van der Waals surface area contributed by atoms with Gasteiger partial charge in [0.2, 0.25) is 5.91 Å². The fourth-order valence-corrected chi connectivity index (χ4v) is 4.49. The number of amides is 1. The van der Waals surface area contributed by atoms with E-state index >= 15 is 0 Å². The molecule has 0 aliphatic carbocycles. The van der Waals surface area contributed by atoms with E-state index in [-0.39, 0.29) is 11.8 Å². The summed E-state index contributed by atoms with van der Waals surface area (Å²) in [5.74, 6) is 0.675. The molecule has 160 valence electrons. The van der Waals surface area contributed by atoms with Gasteiger partial charge >= 0.3 is 0 Å². The zero-order valence-electron chi connectivity index (χ0n) is 18.1. The number of hydrogen-bond donors (Lipinski definition) is 1. The lowest BCUT2D eigenvalue weighted by Crippen LogP contribution is -2.47. The van der Waals surface area contributed by atoms with Gasteiger partial charge in [0, 0.05) is 59.1 Å². The van der Waals surface area contributed by atoms with Crippen LogP contribution in [0, 0.1) is 5.92 Å². The zero-order valence-corrected chi connectivity index (χ0v) is 18.1. The minimum absolute atomic E-state index is 0.0525. The molecule has 2 fully saturated rings. The molecule has 0 aromatic carbocycles. The first-order chi connectivity index (χ1) is 14.1. The van der Waals surface area contributed by atoms with Gasteiger partial charge < -0.3 is 20.0 Å². The molecule has 3 rings (SSSR count). The SMILES string of the molecule is C=CCCC(C(=O)NC)c1cncc(N2CCC(CN3CCN(C)CC3)CC2)c1. The molecule has 2 saturated heterocycles. The summed E-state index contributed by atoms with van der Waals surface area (Å²) in [4.78, 5) is 24.3. The number of pyridine rings is 1. The fraction of sp³-hybridized carbons (Fsp3) is 0.652. The van der Waals surface area contributed by atoms with Gasteiger partial charge in [-0.1, -0.05) is 6.08 Å². The zero-order chi connectivity index (χ0) is 20.6. The average Bonchev–Trinajstić information content (AvgIpc) is 2.76. The summed E-state index contributed by atoms with van der Waals surface area (Å²) in [6.07, 6.45) is 9.70. The summed E-state index contributed by atoms with van der Waals surface area (Å²) >= 11 is 0. The summed E-state index contributed by atoms with van der Waals surface area (Å²) in [6.45, 7) is 12.0. The molecule has 1 unspecified atom stereocenters. The number of hydrogen-bond acceptors (Lipinski definition) is 5. The number of allylic oxidation sites excluding steroid dienone is 1. The monoisotopic (exact) mass is 399 g/mol. The van der Waals surface area contributed by atoms with Gasteiger partial charge in [0.05, 0.1) is 17.8 Å². The molecule has 6 nitrogen and oxygen atoms in total. The summed E-state index contributed by atoms with van der Waals surface area (Å²) in [6, 6.07) is 2.16. The average molecular weight is 400 g/mol. The highest BCUT2D eigenvalue weighted by atomic mass is 16.1. The lowest BCUT2D eigenvalue weighted by atomic mass is 9.93. The highest BCUT2D eigenvalue weighted by Crippen LogP contribution is 2.28. The minimum atomic E-state index is -0.166. The van der Waals surface area contributed by atoms with Crippen LogP contribution in [-0.2, 0) is 4.79 Å². The second-order valence-corrected chi connectivity index (χ2v) is 8.54. The Balaban J connectivity index is 1.57. The van der Waals surface area contributed by atoms with Crippen molar-refractivity contribution in [3.63, 3.8) is 0 Å². The van der Waals surface area contributed by atoms with E-state index in [1.54, 1.807) is 7.05 Å². The van der Waals surface area contributed by atoms with Crippen molar-refractivity contribution >= 4 is 11.6 Å². The molecule has 1 amide bonds. The van der Waals surface area contributed by atoms with Gasteiger partial charge in [-0.15, -0.1) is 6.58 Å². The van der Waals surface area contributed by atoms with E-state index in [1.807, 2.05) is 18.5 Å². The van der Waals surface area contributed by atoms with Crippen molar-refractivity contribution in [3.05, 3.63) is 36.7 Å². The molecule has 2 aliphatic rings. The standard InChI is InChI=1S/C23H37N5O/c1-4-5-6-22(23(29)24-2)20-15-21(17-25-16-20)28-9-7-19(8-10-28)18-27-13-11-26(3)12-14-27/h4,15-17,19,22H,1,5-14,18H2,2-3H3,(H,24,29). The Morgan fingerprint density at radius 2 is 1.97 bits per heavy atom. The first-order valence-electron chi connectivity index (χ1n) is 11.0. The largest absolute Gasteiger partial charge is 0.370 e. The first-order valence-corrected chi connectivity index (χ1v) is 11.0. The van der Waals surface area contributed by atoms with Gasteiger partial charge in [-0.25, -0.2) is 0 Å². The van der Waals surface area contributed by atoms with Crippen LogP contribution in [0.15, 0.2) is 31.1 Å². The highest BCUT2D eigenvalue weighted by Gasteiger charge is 2.25. The minimum Gasteiger partial charge on any atom is -0.370 e. The molecular formula is C23H37N5O. The number of rotatable bonds is 8. The molecule has 1 atom stereocenters. The second-order valence-electron chi connectivity index (χ2n) is 8.54. The van der Waals surface area contributed by atoms with Gasteiger partial charge in [0.15, 0.2) is 0 Å². The molecule has 6 heteroatoms. The predicted molar refractivity (Wildman–Crippen MR) is 119 cm³/mol. The maximum absolute atomic E-state index is 12.4. The number of anilines is 1. The fourth-order valence-electron chi connectivity index (χ4n) is 4.49. The van der Waals surface area contributed by atoms with E-state index in [1.165, 1.54) is 45.6 Å². The van der Waals surface area contributed by atoms with E-state index in [4.69, 9.17) is 0 Å². The quantitative estimate of drug-likeness (QED) is 0.680. The molecule has 1 aromatic rings. The van der Waals surface area contributed by atoms with Crippen LogP contribution in [0.2, 0.25) is 0 Å². The molecule has 0 saturated carbocycles. The number of aromatic nitrogens is 1. The normalized spacial score (nSPS) is 20.4. The number of piperidine rings is 1. The molecule has 3 heterocycles. The molecular weight excluding hydrogens is 362 g/mol. The van der Waals surface area contributed by atoms with Crippen molar-refractivity contribution in [2.75, 3.05) is 64.8 Å². The van der Waals surface area contributed by atoms with E-state index in [0.717, 1.165) is 43.1 Å². The van der Waals surface area contributed by atoms with Crippen LogP contribution in [0.3, 0.4) is 0 Å². The molecule has 0 bridgehead atoms. The van der Waals surface area contributed by atoms with Crippen molar-refractivity contribution in [1.29, 1.82) is 0 Å². The van der Waals surface area contributed by atoms with Crippen LogP contribution in [0.5, 0.6) is 0 Å². The van der Waals surface area contributed by atoms with E-state index in [9.17, 15) is 4.79 Å². The van der Waals surface area contributed by atoms with Gasteiger partial charge in [-0.2, -0.15) is 0 Å². The third-order valence-electron chi connectivity index (χ3n) is 6.46. The van der Waals surface area contributed by atoms with Gasteiger partial charge in [0.1, 0.15) is 0 Å². The van der Waals surface area contributed by atoms with Crippen molar-refractivity contribution < 1.29 is 4.79 Å². The number of nitrogens with zero attached hydrogens (tertiary/aromatic N) is 4. The first kappa shape index (κ1) is 21.8. The second kappa shape index (κ2) is 10.7. The molecule has 2 aliphatic heterocycles. The van der Waals surface area contributed by atoms with E-state index in [0.29, 0.717) is 0 Å². The number of likely N-dealkylation sites (N-methyl/N-ethyl adjacent to an activating group) is 2. The molecule has 29 heavy (non-hydrogen) atoms. The van der Waals surface area contributed by atoms with Crippen LogP contribution >= 0.6 is 0 Å². The third kappa shape index (κ3) is 6.03. The van der Waals surface area contributed by atoms with E-state index < -0.39 is 0 Å². The van der Waals surface area contributed by atoms with Crippen molar-refractivity contribution in [1.82, 2.24) is 20.1 Å². The maximum atomic E-state index is 12.4. The summed E-state index contributed by atoms with van der Waals surface area (Å²) in [7, 11) is 3.91. The van der Waals surface area contributed by atoms with Crippen LogP contribution in [0.4, 0.5) is 5.69 Å². The number of nitrogens with one attached hydrogen (secondary N) is 1. The Hall–Kier alpha value is -1.92. The Morgan fingerprint density at radius 3 is 2.62 bits per heavy atom. The van der Waals surface area contributed by atoms with Gasteiger partial charge in [-0.05, 0) is 50.3 Å². The van der Waals surface area contributed by atoms with Crippen LogP contribution in [-0.4, -0.2) is 80.6 Å². The van der Waals surface area contributed by atoms with Gasteiger partial charge in [-0.3, -0.25) is 9.78 Å². The Bertz CT molecular complexity index is 663. The smallest absolute Gasteiger partial charge is 0.227 e. The molecule has 0 radical (unpaired) electrons. The molecule has 0 spiro atoms. The highest BCUT2D eigenvalue weighted by molar-refractivity contribution is 5.83. The lowest BCUT2D eigenvalue weighted by Gasteiger charge is -2.38. The predicted octanol–water partition coefficient (Wildman–Crippen LogP) is 2.34. The molecule has 1 N–H and O–H groups in total. The Labute approximate surface area is 176 Å². The summed E-state index contributed by atoms with van der Waals surface area (Å²) in [5, 5.41) is 2.80. The summed E-state index contributed by atoms with van der Waals surface area (Å²) < 4.78 is 0. The number of carbonyl (C=O) groups is 1. The number of piperazine rings is 1. The van der Waals surface area contributed by atoms with Crippen LogP contribution in [0.25, 0.3) is 0 Å². The van der Waals surface area contributed by atoms with E-state index in [2.05, 4.69) is 44.7 Å². The number of carbonyl (C=O) groups excluding carboxylic acids is 1. The van der Waals surface area contributed by atoms with Crippen LogP contribution in [0.1, 0.15) is 37.2 Å². The maximum Gasteiger partial charge on any atom is 0.227 e. The van der Waals surface area contributed by atoms with Crippen molar-refractivity contribution in [2.45, 2.75) is 31.6 Å². The third-order valence-corrected chi connectivity index (χ3v) is 6.46. The van der Waals surface area contributed by atoms with Crippen molar-refractivity contribution in [3.8, 4) is 0 Å². The Kier molecular flexibility index (Phi) is 8.07.